The SMILES string of the molecule is Nc1ccc(OCC2CCCC2)c2ncccc12. The molecule has 0 radical (unpaired) electrons. The van der Waals surface area contributed by atoms with Crippen molar-refractivity contribution in [1.82, 2.24) is 4.98 Å². The molecule has 0 atom stereocenters. The van der Waals surface area contributed by atoms with Crippen molar-refractivity contribution in [3.8, 4) is 5.75 Å². The van der Waals surface area contributed by atoms with E-state index in [-0.39, 0.29) is 0 Å². The number of benzene rings is 1. The molecule has 0 saturated heterocycles. The lowest BCUT2D eigenvalue weighted by Crippen LogP contribution is -2.08. The van der Waals surface area contributed by atoms with Crippen LogP contribution in [0.15, 0.2) is 30.5 Å². The Kier molecular flexibility index (Phi) is 3.05. The van der Waals surface area contributed by atoms with Crippen LogP contribution in [0.4, 0.5) is 5.69 Å². The van der Waals surface area contributed by atoms with E-state index in [1.807, 2.05) is 24.3 Å². The van der Waals surface area contributed by atoms with Crippen molar-refractivity contribution in [2.24, 2.45) is 5.92 Å². The fourth-order valence-corrected chi connectivity index (χ4v) is 2.67. The molecule has 0 unspecified atom stereocenters. The van der Waals surface area contributed by atoms with Crippen LogP contribution in [-0.2, 0) is 0 Å². The Morgan fingerprint density at radius 2 is 2.06 bits per heavy atom. The molecular formula is C15H18N2O. The first-order valence-corrected chi connectivity index (χ1v) is 6.60. The van der Waals surface area contributed by atoms with Crippen molar-refractivity contribution in [3.63, 3.8) is 0 Å². The molecule has 1 aliphatic carbocycles. The second-order valence-electron chi connectivity index (χ2n) is 5.01. The lowest BCUT2D eigenvalue weighted by molar-refractivity contribution is 0.254. The number of rotatable bonds is 3. The van der Waals surface area contributed by atoms with Crippen LogP contribution < -0.4 is 10.5 Å². The van der Waals surface area contributed by atoms with Gasteiger partial charge in [0.25, 0.3) is 0 Å². The van der Waals surface area contributed by atoms with Crippen molar-refractivity contribution in [1.29, 1.82) is 0 Å². The molecule has 1 aromatic carbocycles. The number of nitrogen functional groups attached to an aromatic ring is 1. The molecule has 0 amide bonds. The number of fused-ring (bicyclic) bond motifs is 1. The average Bonchev–Trinajstić information content (AvgIpc) is 2.92. The monoisotopic (exact) mass is 242 g/mol. The maximum atomic E-state index is 5.95. The smallest absolute Gasteiger partial charge is 0.145 e. The van der Waals surface area contributed by atoms with Crippen LogP contribution in [0, 0.1) is 5.92 Å². The topological polar surface area (TPSA) is 48.1 Å². The first-order valence-electron chi connectivity index (χ1n) is 6.60. The van der Waals surface area contributed by atoms with Crippen LogP contribution >= 0.6 is 0 Å². The Morgan fingerprint density at radius 3 is 2.89 bits per heavy atom. The minimum Gasteiger partial charge on any atom is -0.491 e. The van der Waals surface area contributed by atoms with Gasteiger partial charge >= 0.3 is 0 Å². The van der Waals surface area contributed by atoms with Gasteiger partial charge in [-0.15, -0.1) is 0 Å². The molecule has 18 heavy (non-hydrogen) atoms. The zero-order chi connectivity index (χ0) is 12.4. The van der Waals surface area contributed by atoms with Gasteiger partial charge in [0.05, 0.1) is 6.61 Å². The average molecular weight is 242 g/mol. The third kappa shape index (κ3) is 2.13. The highest BCUT2D eigenvalue weighted by Crippen LogP contribution is 2.30. The maximum absolute atomic E-state index is 5.95. The molecule has 0 bridgehead atoms. The Labute approximate surface area is 107 Å². The van der Waals surface area contributed by atoms with E-state index in [2.05, 4.69) is 4.98 Å². The summed E-state index contributed by atoms with van der Waals surface area (Å²) in [6.45, 7) is 0.801. The molecule has 0 spiro atoms. The van der Waals surface area contributed by atoms with Gasteiger partial charge in [-0.3, -0.25) is 4.98 Å². The normalized spacial score (nSPS) is 16.2. The van der Waals surface area contributed by atoms with E-state index in [0.717, 1.165) is 28.9 Å². The van der Waals surface area contributed by atoms with Crippen molar-refractivity contribution >= 4 is 16.6 Å². The fraction of sp³-hybridized carbons (Fsp3) is 0.400. The van der Waals surface area contributed by atoms with Gasteiger partial charge < -0.3 is 10.5 Å². The molecule has 3 rings (SSSR count). The van der Waals surface area contributed by atoms with Crippen LogP contribution in [0.3, 0.4) is 0 Å². The third-order valence-corrected chi connectivity index (χ3v) is 3.72. The Hall–Kier alpha value is -1.77. The van der Waals surface area contributed by atoms with Gasteiger partial charge in [-0.2, -0.15) is 0 Å². The summed E-state index contributed by atoms with van der Waals surface area (Å²) >= 11 is 0. The zero-order valence-corrected chi connectivity index (χ0v) is 10.4. The summed E-state index contributed by atoms with van der Waals surface area (Å²) in [6.07, 6.45) is 7.05. The Bertz CT molecular complexity index is 547. The van der Waals surface area contributed by atoms with Crippen LogP contribution in [-0.4, -0.2) is 11.6 Å². The number of ether oxygens (including phenoxy) is 1. The Morgan fingerprint density at radius 1 is 1.22 bits per heavy atom. The highest BCUT2D eigenvalue weighted by atomic mass is 16.5. The van der Waals surface area contributed by atoms with Crippen LogP contribution in [0.1, 0.15) is 25.7 Å². The Balaban J connectivity index is 1.85. The molecule has 1 fully saturated rings. The van der Waals surface area contributed by atoms with Gasteiger partial charge in [-0.25, -0.2) is 0 Å². The van der Waals surface area contributed by atoms with E-state index in [1.54, 1.807) is 6.20 Å². The second-order valence-corrected chi connectivity index (χ2v) is 5.01. The predicted molar refractivity (Wildman–Crippen MR) is 73.6 cm³/mol. The number of anilines is 1. The number of nitrogens with zero attached hydrogens (tertiary/aromatic N) is 1. The lowest BCUT2D eigenvalue weighted by atomic mass is 10.1. The van der Waals surface area contributed by atoms with Gasteiger partial charge in [0.1, 0.15) is 11.3 Å². The summed E-state index contributed by atoms with van der Waals surface area (Å²) in [6, 6.07) is 7.72. The van der Waals surface area contributed by atoms with Crippen LogP contribution in [0.2, 0.25) is 0 Å². The lowest BCUT2D eigenvalue weighted by Gasteiger charge is -2.13. The van der Waals surface area contributed by atoms with E-state index in [1.165, 1.54) is 25.7 Å². The van der Waals surface area contributed by atoms with E-state index < -0.39 is 0 Å². The highest BCUT2D eigenvalue weighted by molar-refractivity contribution is 5.94. The first kappa shape index (κ1) is 11.3. The largest absolute Gasteiger partial charge is 0.491 e. The van der Waals surface area contributed by atoms with Crippen molar-refractivity contribution in [2.75, 3.05) is 12.3 Å². The molecule has 2 N–H and O–H groups in total. The molecular weight excluding hydrogens is 224 g/mol. The second kappa shape index (κ2) is 4.84. The molecule has 1 saturated carbocycles. The zero-order valence-electron chi connectivity index (χ0n) is 10.4. The fourth-order valence-electron chi connectivity index (χ4n) is 2.67. The molecule has 3 nitrogen and oxygen atoms in total. The molecule has 1 aliphatic rings. The molecule has 0 aliphatic heterocycles. The third-order valence-electron chi connectivity index (χ3n) is 3.72. The van der Waals surface area contributed by atoms with E-state index in [0.29, 0.717) is 5.92 Å². The molecule has 94 valence electrons. The molecule has 2 aromatic rings. The quantitative estimate of drug-likeness (QED) is 0.839. The summed E-state index contributed by atoms with van der Waals surface area (Å²) in [5, 5.41) is 0.974. The molecule has 1 aromatic heterocycles. The number of hydrogen-bond donors (Lipinski definition) is 1. The number of nitrogens with two attached hydrogens (primary N) is 1. The summed E-state index contributed by atoms with van der Waals surface area (Å²) in [5.74, 6) is 1.56. The summed E-state index contributed by atoms with van der Waals surface area (Å²) in [7, 11) is 0. The van der Waals surface area contributed by atoms with E-state index in [4.69, 9.17) is 10.5 Å². The van der Waals surface area contributed by atoms with Gasteiger partial charge in [0.15, 0.2) is 0 Å². The van der Waals surface area contributed by atoms with Gasteiger partial charge in [-0.1, -0.05) is 12.8 Å². The molecule has 1 heterocycles. The first-order chi connectivity index (χ1) is 8.84. The van der Waals surface area contributed by atoms with Crippen molar-refractivity contribution in [2.45, 2.75) is 25.7 Å². The van der Waals surface area contributed by atoms with Crippen LogP contribution in [0.5, 0.6) is 5.75 Å². The summed E-state index contributed by atoms with van der Waals surface area (Å²) in [4.78, 5) is 4.38. The standard InChI is InChI=1S/C15H18N2O/c16-13-7-8-14(15-12(13)6-3-9-17-15)18-10-11-4-1-2-5-11/h3,6-9,11H,1-2,4-5,10,16H2. The van der Waals surface area contributed by atoms with Crippen LogP contribution in [0.25, 0.3) is 10.9 Å². The number of aromatic nitrogens is 1. The number of hydrogen-bond acceptors (Lipinski definition) is 3. The van der Waals surface area contributed by atoms with Crippen molar-refractivity contribution in [3.05, 3.63) is 30.5 Å². The minimum absolute atomic E-state index is 0.710. The van der Waals surface area contributed by atoms with E-state index in [9.17, 15) is 0 Å². The highest BCUT2D eigenvalue weighted by Gasteiger charge is 2.16. The van der Waals surface area contributed by atoms with E-state index >= 15 is 0 Å². The van der Waals surface area contributed by atoms with Gasteiger partial charge in [0, 0.05) is 17.3 Å². The maximum Gasteiger partial charge on any atom is 0.145 e. The summed E-state index contributed by atoms with van der Waals surface area (Å²) < 4.78 is 5.94. The molecule has 3 heteroatoms. The summed E-state index contributed by atoms with van der Waals surface area (Å²) in [5.41, 5.74) is 7.57. The minimum atomic E-state index is 0.710. The predicted octanol–water partition coefficient (Wildman–Crippen LogP) is 3.39. The van der Waals surface area contributed by atoms with Crippen molar-refractivity contribution < 1.29 is 4.74 Å². The van der Waals surface area contributed by atoms with Gasteiger partial charge in [0.2, 0.25) is 0 Å². The number of pyridine rings is 1. The van der Waals surface area contributed by atoms with Gasteiger partial charge in [-0.05, 0) is 43.0 Å².